The molecule has 8 heteroatoms. The molecule has 152 valence electrons. The molecular formula is C21H23N3O5. The van der Waals surface area contributed by atoms with Gasteiger partial charge in [-0.05, 0) is 43.3 Å². The van der Waals surface area contributed by atoms with Gasteiger partial charge < -0.3 is 25.0 Å². The number of methoxy groups -OCH3 is 2. The van der Waals surface area contributed by atoms with Crippen molar-refractivity contribution in [3.05, 3.63) is 48.0 Å². The second kappa shape index (κ2) is 8.64. The Kier molecular flexibility index (Phi) is 6.01. The Balaban J connectivity index is 1.61. The Bertz CT molecular complexity index is 926. The van der Waals surface area contributed by atoms with Crippen LogP contribution in [-0.2, 0) is 4.79 Å². The Hall–Kier alpha value is -3.55. The number of benzene rings is 2. The number of nitrogens with zero attached hydrogens (tertiary/aromatic N) is 1. The SMILES string of the molecule is COc1ccc(N2C[C@@H](NC(=O)Nc3ccc(C(C)=O)cc3)CC2=O)cc1OC. The van der Waals surface area contributed by atoms with Crippen LogP contribution in [0.4, 0.5) is 16.2 Å². The molecule has 1 aliphatic heterocycles. The third-order valence-corrected chi connectivity index (χ3v) is 4.69. The van der Waals surface area contributed by atoms with Crippen LogP contribution in [0.25, 0.3) is 0 Å². The standard InChI is InChI=1S/C21H23N3O5/c1-13(25)14-4-6-15(7-5-14)22-21(27)23-16-10-20(26)24(12-16)17-8-9-18(28-2)19(11-17)29-3/h4-9,11,16H,10,12H2,1-3H3,(H2,22,23,27)/t16-/m0/s1. The summed E-state index contributed by atoms with van der Waals surface area (Å²) < 4.78 is 10.5. The zero-order valence-electron chi connectivity index (χ0n) is 16.5. The van der Waals surface area contributed by atoms with E-state index in [1.165, 1.54) is 14.0 Å². The van der Waals surface area contributed by atoms with Crippen LogP contribution in [0, 0.1) is 0 Å². The van der Waals surface area contributed by atoms with Crippen molar-refractivity contribution >= 4 is 29.1 Å². The number of hydrogen-bond donors (Lipinski definition) is 2. The topological polar surface area (TPSA) is 97.0 Å². The molecule has 0 bridgehead atoms. The molecule has 3 rings (SSSR count). The van der Waals surface area contributed by atoms with Crippen LogP contribution in [-0.4, -0.2) is 44.5 Å². The van der Waals surface area contributed by atoms with Crippen LogP contribution in [0.15, 0.2) is 42.5 Å². The lowest BCUT2D eigenvalue weighted by atomic mass is 10.1. The molecule has 29 heavy (non-hydrogen) atoms. The minimum absolute atomic E-state index is 0.0410. The quantitative estimate of drug-likeness (QED) is 0.731. The molecule has 0 saturated carbocycles. The summed E-state index contributed by atoms with van der Waals surface area (Å²) in [5.41, 5.74) is 1.81. The zero-order chi connectivity index (χ0) is 21.0. The summed E-state index contributed by atoms with van der Waals surface area (Å²) in [4.78, 5) is 37.6. The number of ketones is 1. The Labute approximate surface area is 168 Å². The highest BCUT2D eigenvalue weighted by Gasteiger charge is 2.32. The number of hydrogen-bond acceptors (Lipinski definition) is 5. The highest BCUT2D eigenvalue weighted by atomic mass is 16.5. The first kappa shape index (κ1) is 20.2. The van der Waals surface area contributed by atoms with Gasteiger partial charge in [0.25, 0.3) is 0 Å². The van der Waals surface area contributed by atoms with Crippen LogP contribution in [0.3, 0.4) is 0 Å². The number of amides is 3. The van der Waals surface area contributed by atoms with Gasteiger partial charge in [0.1, 0.15) is 0 Å². The van der Waals surface area contributed by atoms with E-state index in [9.17, 15) is 14.4 Å². The predicted octanol–water partition coefficient (Wildman–Crippen LogP) is 2.83. The lowest BCUT2D eigenvalue weighted by Crippen LogP contribution is -2.39. The monoisotopic (exact) mass is 397 g/mol. The molecule has 2 aromatic rings. The normalized spacial score (nSPS) is 15.8. The van der Waals surface area contributed by atoms with Gasteiger partial charge in [-0.15, -0.1) is 0 Å². The summed E-state index contributed by atoms with van der Waals surface area (Å²) >= 11 is 0. The van der Waals surface area contributed by atoms with E-state index in [4.69, 9.17) is 9.47 Å². The van der Waals surface area contributed by atoms with Gasteiger partial charge in [-0.2, -0.15) is 0 Å². The van der Waals surface area contributed by atoms with Gasteiger partial charge in [-0.1, -0.05) is 0 Å². The molecule has 2 N–H and O–H groups in total. The molecule has 8 nitrogen and oxygen atoms in total. The maximum Gasteiger partial charge on any atom is 0.319 e. The third-order valence-electron chi connectivity index (χ3n) is 4.69. The van der Waals surface area contributed by atoms with Crippen molar-refractivity contribution < 1.29 is 23.9 Å². The summed E-state index contributed by atoms with van der Waals surface area (Å²) in [7, 11) is 3.08. The lowest BCUT2D eigenvalue weighted by Gasteiger charge is -2.19. The maximum absolute atomic E-state index is 12.4. The molecule has 1 heterocycles. The molecule has 1 saturated heterocycles. The molecule has 0 spiro atoms. The van der Waals surface area contributed by atoms with Crippen molar-refractivity contribution in [1.29, 1.82) is 0 Å². The molecule has 0 unspecified atom stereocenters. The van der Waals surface area contributed by atoms with Gasteiger partial charge in [-0.3, -0.25) is 9.59 Å². The number of anilines is 2. The van der Waals surface area contributed by atoms with Crippen molar-refractivity contribution in [3.63, 3.8) is 0 Å². The van der Waals surface area contributed by atoms with Crippen LogP contribution in [0.2, 0.25) is 0 Å². The number of Topliss-reactive ketones (excluding diaryl/α,β-unsaturated/α-hetero) is 1. The second-order valence-electron chi connectivity index (χ2n) is 6.68. The Morgan fingerprint density at radius 1 is 1.03 bits per heavy atom. The van der Waals surface area contributed by atoms with E-state index in [1.807, 2.05) is 0 Å². The summed E-state index contributed by atoms with van der Waals surface area (Å²) in [6, 6.07) is 11.1. The summed E-state index contributed by atoms with van der Waals surface area (Å²) in [6.07, 6.45) is 0.199. The molecule has 0 radical (unpaired) electrons. The number of carbonyl (C=O) groups is 3. The van der Waals surface area contributed by atoms with E-state index in [0.29, 0.717) is 35.0 Å². The lowest BCUT2D eigenvalue weighted by molar-refractivity contribution is -0.117. The molecule has 0 aliphatic carbocycles. The van der Waals surface area contributed by atoms with Crippen molar-refractivity contribution in [1.82, 2.24) is 5.32 Å². The van der Waals surface area contributed by atoms with Gasteiger partial charge in [-0.25, -0.2) is 4.79 Å². The molecule has 0 aromatic heterocycles. The Morgan fingerprint density at radius 3 is 2.34 bits per heavy atom. The van der Waals surface area contributed by atoms with E-state index < -0.39 is 6.03 Å². The van der Waals surface area contributed by atoms with Gasteiger partial charge in [0, 0.05) is 36.0 Å². The number of urea groups is 1. The largest absolute Gasteiger partial charge is 0.493 e. The van der Waals surface area contributed by atoms with E-state index in [1.54, 1.807) is 54.5 Å². The van der Waals surface area contributed by atoms with Gasteiger partial charge in [0.2, 0.25) is 5.91 Å². The molecule has 1 aliphatic rings. The smallest absolute Gasteiger partial charge is 0.319 e. The first-order valence-corrected chi connectivity index (χ1v) is 9.12. The molecule has 3 amide bonds. The van der Waals surface area contributed by atoms with E-state index in [2.05, 4.69) is 10.6 Å². The fourth-order valence-electron chi connectivity index (χ4n) is 3.19. The average Bonchev–Trinajstić information content (AvgIpc) is 3.07. The van der Waals surface area contributed by atoms with E-state index in [-0.39, 0.29) is 24.2 Å². The van der Waals surface area contributed by atoms with Crippen molar-refractivity contribution in [2.75, 3.05) is 31.0 Å². The van der Waals surface area contributed by atoms with Gasteiger partial charge in [0.15, 0.2) is 17.3 Å². The van der Waals surface area contributed by atoms with Gasteiger partial charge >= 0.3 is 6.03 Å². The minimum Gasteiger partial charge on any atom is -0.493 e. The van der Waals surface area contributed by atoms with E-state index in [0.717, 1.165) is 0 Å². The first-order chi connectivity index (χ1) is 13.9. The number of carbonyl (C=O) groups excluding carboxylic acids is 3. The number of nitrogens with one attached hydrogen (secondary N) is 2. The number of ether oxygens (including phenoxy) is 2. The van der Waals surface area contributed by atoms with Crippen LogP contribution < -0.4 is 25.0 Å². The fraction of sp³-hybridized carbons (Fsp3) is 0.286. The predicted molar refractivity (Wildman–Crippen MR) is 109 cm³/mol. The molecular weight excluding hydrogens is 374 g/mol. The third kappa shape index (κ3) is 4.66. The van der Waals surface area contributed by atoms with E-state index >= 15 is 0 Å². The number of rotatable bonds is 6. The van der Waals surface area contributed by atoms with Crippen molar-refractivity contribution in [2.24, 2.45) is 0 Å². The van der Waals surface area contributed by atoms with Crippen LogP contribution in [0.1, 0.15) is 23.7 Å². The minimum atomic E-state index is -0.410. The average molecular weight is 397 g/mol. The zero-order valence-corrected chi connectivity index (χ0v) is 16.5. The maximum atomic E-state index is 12.4. The highest BCUT2D eigenvalue weighted by molar-refractivity contribution is 5.98. The first-order valence-electron chi connectivity index (χ1n) is 9.12. The van der Waals surface area contributed by atoms with Gasteiger partial charge in [0.05, 0.1) is 20.3 Å². The summed E-state index contributed by atoms with van der Waals surface area (Å²) in [5.74, 6) is 0.975. The second-order valence-corrected chi connectivity index (χ2v) is 6.68. The summed E-state index contributed by atoms with van der Waals surface area (Å²) in [6.45, 7) is 1.83. The summed E-state index contributed by atoms with van der Waals surface area (Å²) in [5, 5.41) is 5.52. The van der Waals surface area contributed by atoms with Crippen LogP contribution >= 0.6 is 0 Å². The Morgan fingerprint density at radius 2 is 1.72 bits per heavy atom. The van der Waals surface area contributed by atoms with Crippen molar-refractivity contribution in [2.45, 2.75) is 19.4 Å². The fourth-order valence-corrected chi connectivity index (χ4v) is 3.19. The molecule has 2 aromatic carbocycles. The molecule has 1 fully saturated rings. The highest BCUT2D eigenvalue weighted by Crippen LogP contribution is 2.33. The van der Waals surface area contributed by atoms with Crippen LogP contribution in [0.5, 0.6) is 11.5 Å². The molecule has 1 atom stereocenters. The van der Waals surface area contributed by atoms with Crippen molar-refractivity contribution in [3.8, 4) is 11.5 Å².